The van der Waals surface area contributed by atoms with Gasteiger partial charge in [0.15, 0.2) is 0 Å². The Morgan fingerprint density at radius 1 is 1.53 bits per heavy atom. The normalized spacial score (nSPS) is 11.8. The highest BCUT2D eigenvalue weighted by Crippen LogP contribution is 2.15. The molecule has 1 rings (SSSR count). The molecule has 0 bridgehead atoms. The van der Waals surface area contributed by atoms with Crippen molar-refractivity contribution in [2.75, 3.05) is 25.9 Å². The summed E-state index contributed by atoms with van der Waals surface area (Å²) < 4.78 is 28.8. The van der Waals surface area contributed by atoms with Crippen LogP contribution in [0.2, 0.25) is 5.22 Å². The molecule has 0 aliphatic carbocycles. The quantitative estimate of drug-likeness (QED) is 0.771. The Kier molecular flexibility index (Phi) is 5.84. The molecule has 0 saturated carbocycles. The number of hydrogen-bond acceptors (Lipinski definition) is 4. The molecular formula is C11H17ClN2O4S. The van der Waals surface area contributed by atoms with Gasteiger partial charge in [0, 0.05) is 19.6 Å². The monoisotopic (exact) mass is 308 g/mol. The molecule has 6 nitrogen and oxygen atoms in total. The minimum atomic E-state index is -3.18. The van der Waals surface area contributed by atoms with Crippen molar-refractivity contribution in [3.8, 4) is 0 Å². The largest absolute Gasteiger partial charge is 0.452 e. The van der Waals surface area contributed by atoms with Gasteiger partial charge in [0.25, 0.3) is 5.91 Å². The van der Waals surface area contributed by atoms with Crippen LogP contribution >= 0.6 is 11.6 Å². The Morgan fingerprint density at radius 2 is 2.21 bits per heavy atom. The number of carbonyl (C=O) groups is 1. The second-order valence-electron chi connectivity index (χ2n) is 3.97. The first kappa shape index (κ1) is 16.0. The summed E-state index contributed by atoms with van der Waals surface area (Å²) in [4.78, 5) is 11.7. The van der Waals surface area contributed by atoms with E-state index >= 15 is 0 Å². The van der Waals surface area contributed by atoms with Crippen molar-refractivity contribution >= 4 is 27.5 Å². The number of rotatable bonds is 7. The first-order valence-electron chi connectivity index (χ1n) is 5.82. The van der Waals surface area contributed by atoms with Crippen molar-refractivity contribution < 1.29 is 17.6 Å². The van der Waals surface area contributed by atoms with Gasteiger partial charge in [0.05, 0.1) is 18.1 Å². The van der Waals surface area contributed by atoms with E-state index in [9.17, 15) is 13.2 Å². The lowest BCUT2D eigenvalue weighted by Crippen LogP contribution is -2.33. The zero-order chi connectivity index (χ0) is 14.5. The summed E-state index contributed by atoms with van der Waals surface area (Å²) in [6.45, 7) is 2.92. The standard InChI is InChI=1S/C11H17ClN2O4S/c1-3-14(19(2,16)17)7-4-6-13-11(15)9-5-8-18-10(9)12/h5,8H,3-4,6-7H2,1-2H3,(H,13,15). The van der Waals surface area contributed by atoms with Crippen molar-refractivity contribution in [3.05, 3.63) is 23.1 Å². The molecule has 0 unspecified atom stereocenters. The lowest BCUT2D eigenvalue weighted by Gasteiger charge is -2.17. The average molecular weight is 309 g/mol. The van der Waals surface area contributed by atoms with Crippen LogP contribution in [0.1, 0.15) is 23.7 Å². The molecule has 0 saturated heterocycles. The minimum Gasteiger partial charge on any atom is -0.452 e. The molecule has 0 fully saturated rings. The van der Waals surface area contributed by atoms with Gasteiger partial charge < -0.3 is 9.73 Å². The van der Waals surface area contributed by atoms with Gasteiger partial charge >= 0.3 is 0 Å². The van der Waals surface area contributed by atoms with Crippen LogP contribution in [0.5, 0.6) is 0 Å². The van der Waals surface area contributed by atoms with Crippen LogP contribution in [0.3, 0.4) is 0 Å². The van der Waals surface area contributed by atoms with Crippen LogP contribution in [0.15, 0.2) is 16.7 Å². The molecule has 0 aliphatic rings. The maximum atomic E-state index is 11.7. The van der Waals surface area contributed by atoms with Gasteiger partial charge in [-0.05, 0) is 24.1 Å². The highest BCUT2D eigenvalue weighted by molar-refractivity contribution is 7.88. The topological polar surface area (TPSA) is 79.6 Å². The molecule has 1 aromatic heterocycles. The third-order valence-corrected chi connectivity index (χ3v) is 4.23. The van der Waals surface area contributed by atoms with E-state index in [0.717, 1.165) is 0 Å². The average Bonchev–Trinajstić information content (AvgIpc) is 2.73. The summed E-state index contributed by atoms with van der Waals surface area (Å²) in [6, 6.07) is 1.48. The van der Waals surface area contributed by atoms with Crippen molar-refractivity contribution in [2.45, 2.75) is 13.3 Å². The molecule has 1 aromatic rings. The zero-order valence-corrected chi connectivity index (χ0v) is 12.4. The van der Waals surface area contributed by atoms with Gasteiger partial charge in [-0.2, -0.15) is 0 Å². The smallest absolute Gasteiger partial charge is 0.256 e. The Labute approximate surface area is 117 Å². The van der Waals surface area contributed by atoms with E-state index in [2.05, 4.69) is 5.32 Å². The number of amides is 1. The van der Waals surface area contributed by atoms with Crippen LogP contribution in [-0.2, 0) is 10.0 Å². The molecule has 19 heavy (non-hydrogen) atoms. The van der Waals surface area contributed by atoms with Gasteiger partial charge in [-0.25, -0.2) is 12.7 Å². The summed E-state index contributed by atoms with van der Waals surface area (Å²) in [5.41, 5.74) is 0.275. The highest BCUT2D eigenvalue weighted by Gasteiger charge is 2.15. The van der Waals surface area contributed by atoms with Crippen LogP contribution < -0.4 is 5.32 Å². The van der Waals surface area contributed by atoms with Crippen LogP contribution in [0, 0.1) is 0 Å². The van der Waals surface area contributed by atoms with E-state index in [-0.39, 0.29) is 16.7 Å². The lowest BCUT2D eigenvalue weighted by molar-refractivity contribution is 0.0952. The molecule has 1 amide bonds. The number of hydrogen-bond donors (Lipinski definition) is 1. The minimum absolute atomic E-state index is 0.0452. The Hall–Kier alpha value is -1.05. The molecule has 0 atom stereocenters. The van der Waals surface area contributed by atoms with E-state index in [1.54, 1.807) is 6.92 Å². The van der Waals surface area contributed by atoms with Crippen molar-refractivity contribution in [1.82, 2.24) is 9.62 Å². The molecule has 108 valence electrons. The Morgan fingerprint density at radius 3 is 2.68 bits per heavy atom. The van der Waals surface area contributed by atoms with Gasteiger partial charge in [0.1, 0.15) is 0 Å². The molecule has 0 radical (unpaired) electrons. The van der Waals surface area contributed by atoms with Crippen molar-refractivity contribution in [3.63, 3.8) is 0 Å². The maximum absolute atomic E-state index is 11.7. The second kappa shape index (κ2) is 6.93. The van der Waals surface area contributed by atoms with E-state index in [4.69, 9.17) is 16.0 Å². The van der Waals surface area contributed by atoms with Crippen LogP contribution in [0.4, 0.5) is 0 Å². The SMILES string of the molecule is CCN(CCCNC(=O)c1ccoc1Cl)S(C)(=O)=O. The van der Waals surface area contributed by atoms with E-state index < -0.39 is 10.0 Å². The fourth-order valence-corrected chi connectivity index (χ4v) is 2.70. The second-order valence-corrected chi connectivity index (χ2v) is 6.30. The summed E-state index contributed by atoms with van der Waals surface area (Å²) in [5, 5.41) is 2.70. The Bertz CT molecular complexity index is 527. The summed E-state index contributed by atoms with van der Waals surface area (Å²) in [6.07, 6.45) is 3.03. The fourth-order valence-electron chi connectivity index (χ4n) is 1.57. The number of carbonyl (C=O) groups excluding carboxylic acids is 1. The molecule has 0 spiro atoms. The first-order chi connectivity index (χ1) is 8.86. The number of halogens is 1. The molecule has 8 heteroatoms. The van der Waals surface area contributed by atoms with Crippen LogP contribution in [0.25, 0.3) is 0 Å². The van der Waals surface area contributed by atoms with Crippen molar-refractivity contribution in [1.29, 1.82) is 0 Å². The van der Waals surface area contributed by atoms with E-state index in [0.29, 0.717) is 26.1 Å². The van der Waals surface area contributed by atoms with Gasteiger partial charge in [0.2, 0.25) is 15.2 Å². The third kappa shape index (κ3) is 4.85. The predicted molar refractivity (Wildman–Crippen MR) is 72.8 cm³/mol. The zero-order valence-electron chi connectivity index (χ0n) is 10.8. The molecular weight excluding hydrogens is 292 g/mol. The molecule has 0 aliphatic heterocycles. The summed E-state index contributed by atoms with van der Waals surface area (Å²) in [7, 11) is -3.18. The number of furan rings is 1. The first-order valence-corrected chi connectivity index (χ1v) is 8.05. The highest BCUT2D eigenvalue weighted by atomic mass is 35.5. The number of sulfonamides is 1. The van der Waals surface area contributed by atoms with Crippen molar-refractivity contribution in [2.24, 2.45) is 0 Å². The van der Waals surface area contributed by atoms with Gasteiger partial charge in [-0.15, -0.1) is 0 Å². The lowest BCUT2D eigenvalue weighted by atomic mass is 10.3. The number of nitrogens with one attached hydrogen (secondary N) is 1. The predicted octanol–water partition coefficient (Wildman–Crippen LogP) is 1.33. The number of nitrogens with zero attached hydrogens (tertiary/aromatic N) is 1. The van der Waals surface area contributed by atoms with Crippen LogP contribution in [-0.4, -0.2) is 44.5 Å². The third-order valence-electron chi connectivity index (χ3n) is 2.55. The van der Waals surface area contributed by atoms with Gasteiger partial charge in [-0.3, -0.25) is 4.79 Å². The molecule has 1 N–H and O–H groups in total. The summed E-state index contributed by atoms with van der Waals surface area (Å²) in [5.74, 6) is -0.332. The van der Waals surface area contributed by atoms with Gasteiger partial charge in [-0.1, -0.05) is 6.92 Å². The Balaban J connectivity index is 2.36. The molecule has 0 aromatic carbocycles. The summed E-state index contributed by atoms with van der Waals surface area (Å²) >= 11 is 5.67. The maximum Gasteiger partial charge on any atom is 0.256 e. The van der Waals surface area contributed by atoms with E-state index in [1.165, 1.54) is 22.9 Å². The van der Waals surface area contributed by atoms with E-state index in [1.807, 2.05) is 0 Å². The molecule has 1 heterocycles. The fraction of sp³-hybridized carbons (Fsp3) is 0.545.